The lowest BCUT2D eigenvalue weighted by Gasteiger charge is -2.08. The van der Waals surface area contributed by atoms with Gasteiger partial charge in [0.1, 0.15) is 0 Å². The van der Waals surface area contributed by atoms with Crippen molar-refractivity contribution >= 4 is 28.3 Å². The lowest BCUT2D eigenvalue weighted by atomic mass is 10.0. The molecule has 32 heavy (non-hydrogen) atoms. The zero-order valence-electron chi connectivity index (χ0n) is 17.3. The van der Waals surface area contributed by atoms with Gasteiger partial charge in [-0.3, -0.25) is 14.9 Å². The summed E-state index contributed by atoms with van der Waals surface area (Å²) in [5, 5.41) is 11.9. The van der Waals surface area contributed by atoms with Gasteiger partial charge in [0.05, 0.1) is 16.9 Å². The summed E-state index contributed by atoms with van der Waals surface area (Å²) in [4.78, 5) is 35.0. The number of aromatic nitrogens is 1. The van der Waals surface area contributed by atoms with Crippen molar-refractivity contribution in [3.8, 4) is 11.1 Å². The molecule has 0 N–H and O–H groups in total. The third-order valence-corrected chi connectivity index (χ3v) is 5.87. The smallest absolute Gasteiger partial charge is 0.336 e. The van der Waals surface area contributed by atoms with Crippen molar-refractivity contribution in [1.82, 2.24) is 4.57 Å². The van der Waals surface area contributed by atoms with Crippen LogP contribution < -0.4 is 0 Å². The molecule has 1 aliphatic heterocycles. The Kier molecular flexibility index (Phi) is 4.44. The molecule has 2 aromatic carbocycles. The molecule has 0 spiro atoms. The van der Waals surface area contributed by atoms with Crippen molar-refractivity contribution < 1.29 is 24.0 Å². The van der Waals surface area contributed by atoms with Gasteiger partial charge in [0.15, 0.2) is 0 Å². The number of allylic oxidation sites excluding steroid dienone is 1. The van der Waals surface area contributed by atoms with Gasteiger partial charge in [0.25, 0.3) is 12.0 Å². The number of Topliss-reactive ketones (excluding diaryl/α,β-unsaturated/α-hetero) is 1. The van der Waals surface area contributed by atoms with Gasteiger partial charge in [-0.15, -0.1) is 0 Å². The van der Waals surface area contributed by atoms with E-state index in [9.17, 15) is 19.7 Å². The zero-order chi connectivity index (χ0) is 22.6. The molecule has 8 heteroatoms. The number of benzene rings is 2. The molecule has 0 radical (unpaired) electrons. The average Bonchev–Trinajstić information content (AvgIpc) is 3.38. The Hall–Kier alpha value is -4.20. The summed E-state index contributed by atoms with van der Waals surface area (Å²) in [5.41, 5.74) is 5.18. The lowest BCUT2D eigenvalue weighted by molar-refractivity contribution is -0.384. The van der Waals surface area contributed by atoms with Crippen LogP contribution in [0.25, 0.3) is 22.0 Å². The van der Waals surface area contributed by atoms with E-state index >= 15 is 0 Å². The summed E-state index contributed by atoms with van der Waals surface area (Å²) in [5.74, 6) is -0.556. The van der Waals surface area contributed by atoms with Gasteiger partial charge in [-0.2, -0.15) is 0 Å². The maximum Gasteiger partial charge on any atom is 0.336 e. The number of nitro benzene ring substituents is 1. The highest BCUT2D eigenvalue weighted by molar-refractivity contribution is 6.16. The summed E-state index contributed by atoms with van der Waals surface area (Å²) < 4.78 is 12.4. The molecule has 160 valence electrons. The summed E-state index contributed by atoms with van der Waals surface area (Å²) in [6, 6.07) is 12.3. The summed E-state index contributed by atoms with van der Waals surface area (Å²) >= 11 is 0. The molecule has 1 atom stereocenters. The molecular formula is C24H18N2O6. The number of nitro groups is 1. The Balaban J connectivity index is 1.48. The standard InChI is InChI=1S/C24H18N2O6/c1-13-9-21(32-24(13)28)31-12-16-11-19-18-10-15(14-3-6-17(7-4-14)26(29)30)5-8-20(18)25(2)22(19)23(16)27/h3-10,12,21H,11H2,1-2H3/b16-12+. The molecular weight excluding hydrogens is 412 g/mol. The monoisotopic (exact) mass is 430 g/mol. The first-order valence-electron chi connectivity index (χ1n) is 9.98. The Morgan fingerprint density at radius 3 is 2.53 bits per heavy atom. The van der Waals surface area contributed by atoms with Crippen LogP contribution in [0.4, 0.5) is 5.69 Å². The molecule has 1 aliphatic carbocycles. The van der Waals surface area contributed by atoms with Gasteiger partial charge in [0, 0.05) is 53.7 Å². The predicted octanol–water partition coefficient (Wildman–Crippen LogP) is 4.22. The van der Waals surface area contributed by atoms with E-state index in [0.717, 1.165) is 27.6 Å². The van der Waals surface area contributed by atoms with Crippen molar-refractivity contribution in [3.63, 3.8) is 0 Å². The van der Waals surface area contributed by atoms with Crippen LogP contribution in [0.2, 0.25) is 0 Å². The van der Waals surface area contributed by atoms with Crippen molar-refractivity contribution in [1.29, 1.82) is 0 Å². The molecule has 1 aromatic heterocycles. The van der Waals surface area contributed by atoms with Gasteiger partial charge >= 0.3 is 5.97 Å². The first-order valence-corrected chi connectivity index (χ1v) is 9.98. The van der Waals surface area contributed by atoms with Crippen molar-refractivity contribution in [2.75, 3.05) is 0 Å². The average molecular weight is 430 g/mol. The number of hydrogen-bond acceptors (Lipinski definition) is 6. The molecule has 2 heterocycles. The summed E-state index contributed by atoms with van der Waals surface area (Å²) in [6.45, 7) is 1.64. The SMILES string of the molecule is CC1=CC(O/C=C2\Cc3c(n(C)c4ccc(-c5ccc([N+](=O)[O-])cc5)cc34)C2=O)OC1=O. The number of nitrogens with zero attached hydrogens (tertiary/aromatic N) is 2. The fourth-order valence-electron chi connectivity index (χ4n) is 4.18. The van der Waals surface area contributed by atoms with Gasteiger partial charge in [-0.25, -0.2) is 4.79 Å². The molecule has 0 saturated carbocycles. The second-order valence-corrected chi connectivity index (χ2v) is 7.83. The second kappa shape index (κ2) is 7.19. The topological polar surface area (TPSA) is 101 Å². The van der Waals surface area contributed by atoms with Gasteiger partial charge in [0.2, 0.25) is 5.78 Å². The Morgan fingerprint density at radius 1 is 1.16 bits per heavy atom. The van der Waals surface area contributed by atoms with E-state index in [4.69, 9.17) is 9.47 Å². The molecule has 8 nitrogen and oxygen atoms in total. The fraction of sp³-hybridized carbons (Fsp3) is 0.167. The minimum atomic E-state index is -0.822. The molecule has 5 rings (SSSR count). The number of ketones is 1. The predicted molar refractivity (Wildman–Crippen MR) is 116 cm³/mol. The highest BCUT2D eigenvalue weighted by atomic mass is 16.7. The highest BCUT2D eigenvalue weighted by Crippen LogP contribution is 2.37. The van der Waals surface area contributed by atoms with Crippen LogP contribution in [0.3, 0.4) is 0 Å². The number of fused-ring (bicyclic) bond motifs is 3. The maximum atomic E-state index is 13.0. The Labute approximate surface area is 182 Å². The van der Waals surface area contributed by atoms with E-state index in [0.29, 0.717) is 23.3 Å². The van der Waals surface area contributed by atoms with E-state index in [1.165, 1.54) is 18.4 Å². The van der Waals surface area contributed by atoms with Gasteiger partial charge < -0.3 is 14.0 Å². The van der Waals surface area contributed by atoms with Crippen molar-refractivity contribution in [2.24, 2.45) is 7.05 Å². The first-order chi connectivity index (χ1) is 15.3. The third-order valence-electron chi connectivity index (χ3n) is 5.87. The first kappa shape index (κ1) is 19.7. The number of rotatable bonds is 4. The van der Waals surface area contributed by atoms with Crippen molar-refractivity contribution in [3.05, 3.63) is 87.3 Å². The number of carbonyl (C=O) groups is 2. The molecule has 0 amide bonds. The van der Waals surface area contributed by atoms with E-state index in [-0.39, 0.29) is 11.5 Å². The summed E-state index contributed by atoms with van der Waals surface area (Å²) in [6.07, 6.45) is 2.52. The van der Waals surface area contributed by atoms with E-state index < -0.39 is 17.2 Å². The van der Waals surface area contributed by atoms with Crippen LogP contribution in [0.5, 0.6) is 0 Å². The highest BCUT2D eigenvalue weighted by Gasteiger charge is 2.32. The van der Waals surface area contributed by atoms with E-state index in [1.807, 2.05) is 29.8 Å². The number of ether oxygens (including phenoxy) is 2. The third kappa shape index (κ3) is 3.08. The minimum absolute atomic E-state index is 0.0359. The number of cyclic esters (lactones) is 1. The fourth-order valence-corrected chi connectivity index (χ4v) is 4.18. The van der Waals surface area contributed by atoms with Crippen LogP contribution >= 0.6 is 0 Å². The van der Waals surface area contributed by atoms with Crippen LogP contribution in [0, 0.1) is 10.1 Å². The Morgan fingerprint density at radius 2 is 1.88 bits per heavy atom. The van der Waals surface area contributed by atoms with Gasteiger partial charge in [-0.1, -0.05) is 6.07 Å². The number of esters is 1. The van der Waals surface area contributed by atoms with Crippen molar-refractivity contribution in [2.45, 2.75) is 19.6 Å². The molecule has 3 aromatic rings. The largest absolute Gasteiger partial charge is 0.458 e. The normalized spacial score (nSPS) is 18.8. The number of aryl methyl sites for hydroxylation is 1. The molecule has 0 fully saturated rings. The quantitative estimate of drug-likeness (QED) is 0.202. The Bertz CT molecular complexity index is 1380. The van der Waals surface area contributed by atoms with Crippen LogP contribution in [-0.4, -0.2) is 27.5 Å². The number of carbonyl (C=O) groups excluding carboxylic acids is 2. The molecule has 1 unspecified atom stereocenters. The molecule has 0 bridgehead atoms. The molecule has 2 aliphatic rings. The maximum absolute atomic E-state index is 13.0. The van der Waals surface area contributed by atoms with Crippen LogP contribution in [0.1, 0.15) is 23.0 Å². The van der Waals surface area contributed by atoms with E-state index in [1.54, 1.807) is 25.1 Å². The number of non-ortho nitro benzene ring substituents is 1. The van der Waals surface area contributed by atoms with Crippen LogP contribution in [-0.2, 0) is 27.7 Å². The lowest BCUT2D eigenvalue weighted by Crippen LogP contribution is -2.11. The van der Waals surface area contributed by atoms with E-state index in [2.05, 4.69) is 0 Å². The zero-order valence-corrected chi connectivity index (χ0v) is 17.3. The minimum Gasteiger partial charge on any atom is -0.458 e. The summed E-state index contributed by atoms with van der Waals surface area (Å²) in [7, 11) is 1.85. The number of hydrogen-bond donors (Lipinski definition) is 0. The second-order valence-electron chi connectivity index (χ2n) is 7.83. The van der Waals surface area contributed by atoms with Gasteiger partial charge in [-0.05, 0) is 47.9 Å². The molecule has 0 saturated heterocycles. The van der Waals surface area contributed by atoms with Crippen LogP contribution in [0.15, 0.2) is 65.9 Å².